The maximum Gasteiger partial charge on any atom is 1.00 e. The fourth-order valence-electron chi connectivity index (χ4n) is 4.05. The molecule has 2 aromatic carbocycles. The molecule has 1 unspecified atom stereocenters. The number of tetrazole rings is 1. The van der Waals surface area contributed by atoms with Crippen LogP contribution in [0.3, 0.4) is 0 Å². The molecule has 140 valence electrons. The molecule has 3 heterocycles. The predicted molar refractivity (Wildman–Crippen MR) is 102 cm³/mol. The summed E-state index contributed by atoms with van der Waals surface area (Å²) in [5.41, 5.74) is 4.70. The fraction of sp³-hybridized carbons (Fsp3) is 0.350. The molecular formula is C20H23N6NaO. The molecule has 1 aromatic heterocycles. The van der Waals surface area contributed by atoms with Gasteiger partial charge in [0.2, 0.25) is 5.82 Å². The summed E-state index contributed by atoms with van der Waals surface area (Å²) in [6.45, 7) is 4.79. The molecule has 28 heavy (non-hydrogen) atoms. The van der Waals surface area contributed by atoms with Crippen LogP contribution in [0.2, 0.25) is 0 Å². The van der Waals surface area contributed by atoms with Crippen LogP contribution in [0.15, 0.2) is 42.5 Å². The Labute approximate surface area is 187 Å². The average molecular weight is 386 g/mol. The summed E-state index contributed by atoms with van der Waals surface area (Å²) in [4.78, 5) is 4.94. The van der Waals surface area contributed by atoms with E-state index in [9.17, 15) is 0 Å². The van der Waals surface area contributed by atoms with Crippen LogP contribution in [0, 0.1) is 0 Å². The summed E-state index contributed by atoms with van der Waals surface area (Å²) in [5.74, 6) is 1.54. The molecule has 1 atom stereocenters. The van der Waals surface area contributed by atoms with Crippen LogP contribution in [0.4, 0.5) is 0 Å². The minimum absolute atomic E-state index is 0. The van der Waals surface area contributed by atoms with E-state index < -0.39 is 0 Å². The largest absolute Gasteiger partial charge is 1.00 e. The molecule has 0 amide bonds. The molecule has 0 spiro atoms. The first-order valence-corrected chi connectivity index (χ1v) is 9.30. The fourth-order valence-corrected chi connectivity index (χ4v) is 4.05. The first-order chi connectivity index (χ1) is 13.3. The van der Waals surface area contributed by atoms with E-state index in [4.69, 9.17) is 4.74 Å². The third kappa shape index (κ3) is 3.60. The third-order valence-corrected chi connectivity index (χ3v) is 5.54. The zero-order valence-corrected chi connectivity index (χ0v) is 18.3. The third-order valence-electron chi connectivity index (χ3n) is 5.54. The van der Waals surface area contributed by atoms with Crippen LogP contribution >= 0.6 is 0 Å². The van der Waals surface area contributed by atoms with Gasteiger partial charge in [-0.25, -0.2) is 0 Å². The molecule has 1 N–H and O–H groups in total. The van der Waals surface area contributed by atoms with Gasteiger partial charge in [-0.1, -0.05) is 24.3 Å². The summed E-state index contributed by atoms with van der Waals surface area (Å²) >= 11 is 0. The molecule has 0 radical (unpaired) electrons. The van der Waals surface area contributed by atoms with Crippen LogP contribution in [0.25, 0.3) is 11.4 Å². The summed E-state index contributed by atoms with van der Waals surface area (Å²) in [6.07, 6.45) is 0. The first kappa shape index (κ1) is 19.5. The minimum atomic E-state index is 0. The number of likely N-dealkylation sites (N-methyl/N-ethyl adjacent to an activating group) is 1. The number of nitrogens with zero attached hydrogens (tertiary/aromatic N) is 5. The monoisotopic (exact) mass is 386 g/mol. The summed E-state index contributed by atoms with van der Waals surface area (Å²) in [5, 5.41) is 14.5. The second-order valence-corrected chi connectivity index (χ2v) is 7.22. The summed E-state index contributed by atoms with van der Waals surface area (Å²) in [6, 6.07) is 15.0. The minimum Gasteiger partial charge on any atom is -1.00 e. The van der Waals surface area contributed by atoms with Crippen LogP contribution in [0.5, 0.6) is 5.75 Å². The Morgan fingerprint density at radius 2 is 1.89 bits per heavy atom. The zero-order valence-electron chi connectivity index (χ0n) is 17.3. The molecule has 1 fully saturated rings. The van der Waals surface area contributed by atoms with Gasteiger partial charge in [0.05, 0.1) is 6.04 Å². The summed E-state index contributed by atoms with van der Waals surface area (Å²) in [7, 11) is 2.18. The zero-order chi connectivity index (χ0) is 18.2. The topological polar surface area (TPSA) is 70.2 Å². The van der Waals surface area contributed by atoms with E-state index in [-0.39, 0.29) is 37.0 Å². The molecule has 1 saturated heterocycles. The van der Waals surface area contributed by atoms with E-state index in [1.54, 1.807) is 0 Å². The van der Waals surface area contributed by atoms with Gasteiger partial charge in [0, 0.05) is 37.3 Å². The number of hydrogen-bond acceptors (Lipinski definition) is 6. The van der Waals surface area contributed by atoms with Crippen molar-refractivity contribution in [1.29, 1.82) is 0 Å². The van der Waals surface area contributed by atoms with Crippen molar-refractivity contribution in [3.05, 3.63) is 59.2 Å². The van der Waals surface area contributed by atoms with Gasteiger partial charge in [0.25, 0.3) is 0 Å². The molecule has 0 bridgehead atoms. The van der Waals surface area contributed by atoms with E-state index in [1.807, 2.05) is 12.1 Å². The Hall–Kier alpha value is -1.77. The van der Waals surface area contributed by atoms with Crippen molar-refractivity contribution in [2.45, 2.75) is 12.6 Å². The number of aromatic amines is 1. The van der Waals surface area contributed by atoms with E-state index in [0.29, 0.717) is 12.4 Å². The molecular weight excluding hydrogens is 363 g/mol. The number of H-pyrrole nitrogens is 1. The molecule has 5 rings (SSSR count). The SMILES string of the molecule is CN1CCN(C2c3ccccc3COc3ccc(-c4nn[nH]n4)cc32)CC1.[H-].[Na+]. The molecule has 7 nitrogen and oxygen atoms in total. The van der Waals surface area contributed by atoms with E-state index >= 15 is 0 Å². The van der Waals surface area contributed by atoms with Gasteiger partial charge < -0.3 is 11.1 Å². The van der Waals surface area contributed by atoms with Crippen LogP contribution < -0.4 is 34.3 Å². The maximum atomic E-state index is 6.19. The van der Waals surface area contributed by atoms with Crippen molar-refractivity contribution in [1.82, 2.24) is 30.4 Å². The Morgan fingerprint density at radius 3 is 2.68 bits per heavy atom. The van der Waals surface area contributed by atoms with E-state index in [0.717, 1.165) is 37.5 Å². The van der Waals surface area contributed by atoms with Gasteiger partial charge in [-0.15, -0.1) is 10.2 Å². The number of aromatic nitrogens is 4. The van der Waals surface area contributed by atoms with Gasteiger partial charge in [-0.3, -0.25) is 4.90 Å². The quantitative estimate of drug-likeness (QED) is 0.583. The second-order valence-electron chi connectivity index (χ2n) is 7.22. The number of rotatable bonds is 2. The van der Waals surface area contributed by atoms with Crippen molar-refractivity contribution in [2.24, 2.45) is 0 Å². The Morgan fingerprint density at radius 1 is 1.07 bits per heavy atom. The molecule has 0 aliphatic carbocycles. The van der Waals surface area contributed by atoms with Gasteiger partial charge in [-0.2, -0.15) is 5.21 Å². The number of fused-ring (bicyclic) bond motifs is 2. The number of benzene rings is 2. The van der Waals surface area contributed by atoms with E-state index in [2.05, 4.69) is 67.8 Å². The maximum absolute atomic E-state index is 6.19. The van der Waals surface area contributed by atoms with E-state index in [1.165, 1.54) is 16.7 Å². The van der Waals surface area contributed by atoms with Crippen LogP contribution in [-0.2, 0) is 6.61 Å². The number of nitrogens with one attached hydrogen (secondary N) is 1. The van der Waals surface area contributed by atoms with Gasteiger partial charge in [0.1, 0.15) is 12.4 Å². The number of piperazine rings is 1. The molecule has 2 aliphatic heterocycles. The van der Waals surface area contributed by atoms with Crippen molar-refractivity contribution in [3.63, 3.8) is 0 Å². The van der Waals surface area contributed by atoms with Crippen molar-refractivity contribution < 1.29 is 35.7 Å². The second kappa shape index (κ2) is 8.31. The molecule has 8 heteroatoms. The Kier molecular flexibility index (Phi) is 5.80. The smallest absolute Gasteiger partial charge is 1.00 e. The first-order valence-electron chi connectivity index (χ1n) is 9.30. The molecule has 0 saturated carbocycles. The van der Waals surface area contributed by atoms with Crippen molar-refractivity contribution in [3.8, 4) is 17.1 Å². The average Bonchev–Trinajstić information content (AvgIpc) is 3.19. The van der Waals surface area contributed by atoms with Gasteiger partial charge in [-0.05, 0) is 41.6 Å². The number of hydrogen-bond donors (Lipinski definition) is 1. The van der Waals surface area contributed by atoms with Crippen molar-refractivity contribution in [2.75, 3.05) is 33.2 Å². The normalized spacial score (nSPS) is 19.7. The Bertz CT molecular complexity index is 946. The standard InChI is InChI=1S/C20H22N6O.Na.H/c1-25-8-10-26(11-9-25)19-16-5-3-2-4-15(16)13-27-18-7-6-14(12-17(18)19)20-21-23-24-22-20;;/h2-7,12,19H,8-11,13H2,1H3,(H,21,22,23,24);;/q;+1;-1. The predicted octanol–water partition coefficient (Wildman–Crippen LogP) is -0.788. The Balaban J connectivity index is 0.00000120. The summed E-state index contributed by atoms with van der Waals surface area (Å²) < 4.78 is 6.19. The van der Waals surface area contributed by atoms with Crippen LogP contribution in [0.1, 0.15) is 24.2 Å². The van der Waals surface area contributed by atoms with Gasteiger partial charge in [0.15, 0.2) is 0 Å². The number of ether oxygens (including phenoxy) is 1. The van der Waals surface area contributed by atoms with Crippen LogP contribution in [-0.4, -0.2) is 63.7 Å². The molecule has 2 aliphatic rings. The van der Waals surface area contributed by atoms with Crippen molar-refractivity contribution >= 4 is 0 Å². The van der Waals surface area contributed by atoms with Gasteiger partial charge >= 0.3 is 29.6 Å². The molecule has 3 aromatic rings.